The van der Waals surface area contributed by atoms with Gasteiger partial charge in [-0.3, -0.25) is 14.9 Å². The van der Waals surface area contributed by atoms with Crippen molar-refractivity contribution in [1.82, 2.24) is 5.32 Å². The Morgan fingerprint density at radius 3 is 2.37 bits per heavy atom. The van der Waals surface area contributed by atoms with Gasteiger partial charge in [-0.15, -0.1) is 0 Å². The van der Waals surface area contributed by atoms with Crippen LogP contribution in [0.4, 0.5) is 11.4 Å². The Morgan fingerprint density at radius 2 is 1.66 bits per heavy atom. The van der Waals surface area contributed by atoms with Crippen LogP contribution in [0.15, 0.2) is 71.2 Å². The van der Waals surface area contributed by atoms with Gasteiger partial charge < -0.3 is 15.4 Å². The van der Waals surface area contributed by atoms with Crippen LogP contribution in [-0.2, 0) is 0 Å². The Kier molecular flexibility index (Phi) is 9.39. The zero-order valence-corrected chi connectivity index (χ0v) is 22.3. The van der Waals surface area contributed by atoms with Crippen molar-refractivity contribution in [3.8, 4) is 5.75 Å². The van der Waals surface area contributed by atoms with Gasteiger partial charge in [-0.2, -0.15) is 0 Å². The highest BCUT2D eigenvalue weighted by Gasteiger charge is 2.16. The lowest BCUT2D eigenvalue weighted by atomic mass is 10.1. The molecule has 0 atom stereocenters. The van der Waals surface area contributed by atoms with E-state index in [1.807, 2.05) is 37.3 Å². The minimum absolute atomic E-state index is 0.111. The van der Waals surface area contributed by atoms with Gasteiger partial charge in [-0.05, 0) is 85.6 Å². The van der Waals surface area contributed by atoms with Crippen molar-refractivity contribution in [2.75, 3.05) is 17.2 Å². The fraction of sp³-hybridized carbons (Fsp3) is 0.222. The fourth-order valence-electron chi connectivity index (χ4n) is 3.21. The van der Waals surface area contributed by atoms with Crippen LogP contribution in [0, 0.1) is 12.8 Å². The van der Waals surface area contributed by atoms with E-state index in [4.69, 9.17) is 17.0 Å². The molecular formula is C27H28BrN3O3S. The number of aryl methyl sites for hydroxylation is 1. The molecule has 35 heavy (non-hydrogen) atoms. The maximum Gasteiger partial charge on any atom is 0.261 e. The average molecular weight is 555 g/mol. The molecule has 0 heterocycles. The zero-order chi connectivity index (χ0) is 25.4. The van der Waals surface area contributed by atoms with Crippen LogP contribution in [0.2, 0.25) is 0 Å². The van der Waals surface area contributed by atoms with Gasteiger partial charge in [0.05, 0.1) is 12.2 Å². The molecule has 0 aliphatic rings. The van der Waals surface area contributed by atoms with E-state index in [0.29, 0.717) is 35.1 Å². The number of rotatable bonds is 8. The highest BCUT2D eigenvalue weighted by atomic mass is 79.9. The summed E-state index contributed by atoms with van der Waals surface area (Å²) in [5.41, 5.74) is 3.18. The first-order chi connectivity index (χ1) is 16.7. The molecule has 0 unspecified atom stereocenters. The van der Waals surface area contributed by atoms with Gasteiger partial charge in [0.15, 0.2) is 5.11 Å². The summed E-state index contributed by atoms with van der Waals surface area (Å²) >= 11 is 8.75. The molecular weight excluding hydrogens is 526 g/mol. The predicted molar refractivity (Wildman–Crippen MR) is 148 cm³/mol. The van der Waals surface area contributed by atoms with Gasteiger partial charge in [0.1, 0.15) is 5.75 Å². The molecule has 0 spiro atoms. The number of hydrogen-bond acceptors (Lipinski definition) is 4. The highest BCUT2D eigenvalue weighted by molar-refractivity contribution is 9.10. The normalized spacial score (nSPS) is 10.5. The smallest absolute Gasteiger partial charge is 0.261 e. The van der Waals surface area contributed by atoms with Crippen LogP contribution >= 0.6 is 28.1 Å². The van der Waals surface area contributed by atoms with Crippen LogP contribution in [0.3, 0.4) is 0 Å². The Hall–Kier alpha value is -3.23. The Balaban J connectivity index is 1.64. The van der Waals surface area contributed by atoms with E-state index in [0.717, 1.165) is 22.1 Å². The number of benzene rings is 3. The van der Waals surface area contributed by atoms with E-state index in [1.54, 1.807) is 36.4 Å². The van der Waals surface area contributed by atoms with Crippen molar-refractivity contribution in [2.24, 2.45) is 5.92 Å². The fourth-order valence-corrected chi connectivity index (χ4v) is 3.78. The Bertz CT molecular complexity index is 1230. The predicted octanol–water partition coefficient (Wildman–Crippen LogP) is 6.56. The van der Waals surface area contributed by atoms with Crippen LogP contribution in [0.25, 0.3) is 0 Å². The van der Waals surface area contributed by atoms with Crippen LogP contribution < -0.4 is 20.7 Å². The summed E-state index contributed by atoms with van der Waals surface area (Å²) in [5.74, 6) is 0.348. The maximum atomic E-state index is 12.9. The number of thiocarbonyl (C=S) groups is 1. The quantitative estimate of drug-likeness (QED) is 0.275. The van der Waals surface area contributed by atoms with Crippen molar-refractivity contribution >= 4 is 56.4 Å². The van der Waals surface area contributed by atoms with Gasteiger partial charge in [0.2, 0.25) is 0 Å². The first-order valence-electron chi connectivity index (χ1n) is 11.2. The van der Waals surface area contributed by atoms with Crippen LogP contribution in [0.5, 0.6) is 5.75 Å². The van der Waals surface area contributed by atoms with Gasteiger partial charge in [0.25, 0.3) is 11.8 Å². The molecule has 3 aromatic rings. The molecule has 6 nitrogen and oxygen atoms in total. The molecule has 0 radical (unpaired) electrons. The SMILES string of the molecule is Cc1cccc(NC(=O)c2cccc(NC(=S)NC(=O)c3cc(Br)ccc3OCCC(C)C)c2)c1. The molecule has 2 amide bonds. The second kappa shape index (κ2) is 12.5. The first kappa shape index (κ1) is 26.4. The molecule has 3 rings (SSSR count). The van der Waals surface area contributed by atoms with E-state index < -0.39 is 5.91 Å². The van der Waals surface area contributed by atoms with Gasteiger partial charge in [-0.1, -0.05) is 48.0 Å². The molecule has 0 saturated heterocycles. The van der Waals surface area contributed by atoms with Crippen LogP contribution in [0.1, 0.15) is 46.5 Å². The molecule has 0 saturated carbocycles. The summed E-state index contributed by atoms with van der Waals surface area (Å²) in [5, 5.41) is 8.65. The molecule has 3 aromatic carbocycles. The Morgan fingerprint density at radius 1 is 0.943 bits per heavy atom. The number of amides is 2. The third kappa shape index (κ3) is 8.19. The second-order valence-electron chi connectivity index (χ2n) is 8.48. The molecule has 8 heteroatoms. The minimum Gasteiger partial charge on any atom is -0.493 e. The summed E-state index contributed by atoms with van der Waals surface area (Å²) in [6.45, 7) is 6.71. The molecule has 182 valence electrons. The lowest BCUT2D eigenvalue weighted by molar-refractivity contribution is 0.0972. The number of carbonyl (C=O) groups excluding carboxylic acids is 2. The van der Waals surface area contributed by atoms with Crippen molar-refractivity contribution in [3.05, 3.63) is 87.9 Å². The number of ether oxygens (including phenoxy) is 1. The Labute approximate surface area is 219 Å². The summed E-state index contributed by atoms with van der Waals surface area (Å²) in [6.07, 6.45) is 0.880. The highest BCUT2D eigenvalue weighted by Crippen LogP contribution is 2.24. The summed E-state index contributed by atoms with van der Waals surface area (Å²) < 4.78 is 6.59. The monoisotopic (exact) mass is 553 g/mol. The third-order valence-corrected chi connectivity index (χ3v) is 5.72. The first-order valence-corrected chi connectivity index (χ1v) is 12.4. The summed E-state index contributed by atoms with van der Waals surface area (Å²) in [7, 11) is 0. The lowest BCUT2D eigenvalue weighted by Gasteiger charge is -2.14. The lowest BCUT2D eigenvalue weighted by Crippen LogP contribution is -2.34. The van der Waals surface area contributed by atoms with Gasteiger partial charge in [0, 0.05) is 21.4 Å². The standard InChI is InChI=1S/C27H28BrN3O3S/c1-17(2)12-13-34-24-11-10-20(28)16-23(24)26(33)31-27(35)30-22-9-5-7-19(15-22)25(32)29-21-8-4-6-18(3)14-21/h4-11,14-17H,12-13H2,1-3H3,(H,29,32)(H2,30,31,33,35). The topological polar surface area (TPSA) is 79.5 Å². The zero-order valence-electron chi connectivity index (χ0n) is 19.9. The van der Waals surface area contributed by atoms with Crippen molar-refractivity contribution in [3.63, 3.8) is 0 Å². The average Bonchev–Trinajstić information content (AvgIpc) is 2.80. The van der Waals surface area contributed by atoms with Crippen LogP contribution in [-0.4, -0.2) is 23.5 Å². The number of halogens is 1. The largest absolute Gasteiger partial charge is 0.493 e. The molecule has 0 aliphatic heterocycles. The molecule has 0 aliphatic carbocycles. The van der Waals surface area contributed by atoms with E-state index in [1.165, 1.54) is 0 Å². The van der Waals surface area contributed by atoms with E-state index in [-0.39, 0.29) is 11.0 Å². The van der Waals surface area contributed by atoms with Crippen molar-refractivity contribution in [2.45, 2.75) is 27.2 Å². The van der Waals surface area contributed by atoms with Gasteiger partial charge in [-0.25, -0.2) is 0 Å². The molecule has 0 aromatic heterocycles. The molecule has 0 bridgehead atoms. The van der Waals surface area contributed by atoms with E-state index in [9.17, 15) is 9.59 Å². The number of anilines is 2. The minimum atomic E-state index is -0.392. The molecule has 3 N–H and O–H groups in total. The summed E-state index contributed by atoms with van der Waals surface area (Å²) in [6, 6.07) is 19.7. The number of carbonyl (C=O) groups is 2. The second-order valence-corrected chi connectivity index (χ2v) is 9.81. The number of nitrogens with one attached hydrogen (secondary N) is 3. The van der Waals surface area contributed by atoms with E-state index >= 15 is 0 Å². The molecule has 0 fully saturated rings. The van der Waals surface area contributed by atoms with Crippen molar-refractivity contribution < 1.29 is 14.3 Å². The summed E-state index contributed by atoms with van der Waals surface area (Å²) in [4.78, 5) is 25.6. The van der Waals surface area contributed by atoms with E-state index in [2.05, 4.69) is 45.7 Å². The third-order valence-electron chi connectivity index (χ3n) is 5.02. The number of hydrogen-bond donors (Lipinski definition) is 3. The maximum absolute atomic E-state index is 12.9. The van der Waals surface area contributed by atoms with Crippen molar-refractivity contribution in [1.29, 1.82) is 0 Å². The van der Waals surface area contributed by atoms with Gasteiger partial charge >= 0.3 is 0 Å².